The third-order valence-electron chi connectivity index (χ3n) is 5.84. The molecule has 1 fully saturated rings. The van der Waals surface area contributed by atoms with Gasteiger partial charge in [-0.15, -0.1) is 0 Å². The van der Waals surface area contributed by atoms with Crippen LogP contribution in [0.1, 0.15) is 29.0 Å². The number of ether oxygens (including phenoxy) is 2. The summed E-state index contributed by atoms with van der Waals surface area (Å²) in [7, 11) is 1.66. The van der Waals surface area contributed by atoms with Gasteiger partial charge < -0.3 is 19.9 Å². The van der Waals surface area contributed by atoms with Crippen LogP contribution in [0.5, 0.6) is 5.75 Å². The second-order valence-corrected chi connectivity index (χ2v) is 7.81. The molecule has 30 heavy (non-hydrogen) atoms. The summed E-state index contributed by atoms with van der Waals surface area (Å²) in [6.07, 6.45) is 0.0649. The van der Waals surface area contributed by atoms with Crippen LogP contribution in [0.15, 0.2) is 84.9 Å². The summed E-state index contributed by atoms with van der Waals surface area (Å²) in [5.41, 5.74) is 3.58. The molecule has 1 saturated heterocycles. The number of benzene rings is 3. The largest absolute Gasteiger partial charge is 0.497 e. The molecule has 0 amide bonds. The molecule has 3 atom stereocenters. The number of hydrogen-bond acceptors (Lipinski definition) is 4. The summed E-state index contributed by atoms with van der Waals surface area (Å²) < 4.78 is 11.5. The molecule has 4 heteroatoms. The molecule has 1 aliphatic heterocycles. The lowest BCUT2D eigenvalue weighted by atomic mass is 9.82. The molecule has 0 aliphatic carbocycles. The summed E-state index contributed by atoms with van der Waals surface area (Å²) >= 11 is 0. The molecule has 0 radical (unpaired) electrons. The standard InChI is InChI=1S/C26H29NO3/c1-29-22-14-12-19(13-15-22)17-27-23-18-30-25(16-24(23)28)26(20-8-4-2-5-9-20)21-10-6-3-7-11-21/h2-15,23-28H,16-18H2,1H3/t23-,24-,25-/m1/s1. The van der Waals surface area contributed by atoms with Crippen molar-refractivity contribution in [2.24, 2.45) is 0 Å². The van der Waals surface area contributed by atoms with E-state index < -0.39 is 6.10 Å². The van der Waals surface area contributed by atoms with Gasteiger partial charge in [0.2, 0.25) is 0 Å². The first kappa shape index (κ1) is 20.6. The highest BCUT2D eigenvalue weighted by Crippen LogP contribution is 2.34. The molecule has 0 bridgehead atoms. The second kappa shape index (κ2) is 9.90. The minimum Gasteiger partial charge on any atom is -0.497 e. The maximum absolute atomic E-state index is 10.9. The monoisotopic (exact) mass is 403 g/mol. The SMILES string of the molecule is COc1ccc(CN[C@@H]2CO[C@@H](C(c3ccccc3)c3ccccc3)C[C@H]2O)cc1. The topological polar surface area (TPSA) is 50.7 Å². The average molecular weight is 404 g/mol. The Bertz CT molecular complexity index is 859. The third kappa shape index (κ3) is 4.90. The highest BCUT2D eigenvalue weighted by Gasteiger charge is 2.35. The summed E-state index contributed by atoms with van der Waals surface area (Å²) in [6.45, 7) is 1.17. The maximum Gasteiger partial charge on any atom is 0.118 e. The van der Waals surface area contributed by atoms with Crippen LogP contribution in [-0.2, 0) is 11.3 Å². The smallest absolute Gasteiger partial charge is 0.118 e. The van der Waals surface area contributed by atoms with E-state index in [9.17, 15) is 5.11 Å². The van der Waals surface area contributed by atoms with E-state index in [-0.39, 0.29) is 18.1 Å². The van der Waals surface area contributed by atoms with Gasteiger partial charge >= 0.3 is 0 Å². The Hall–Kier alpha value is -2.66. The van der Waals surface area contributed by atoms with Crippen LogP contribution in [-0.4, -0.2) is 37.1 Å². The van der Waals surface area contributed by atoms with Crippen LogP contribution in [0, 0.1) is 0 Å². The first-order valence-corrected chi connectivity index (χ1v) is 10.5. The Morgan fingerprint density at radius 3 is 2.07 bits per heavy atom. The summed E-state index contributed by atoms with van der Waals surface area (Å²) in [5, 5.41) is 14.3. The third-order valence-corrected chi connectivity index (χ3v) is 5.84. The van der Waals surface area contributed by atoms with Gasteiger partial charge in [0.05, 0.1) is 32.0 Å². The zero-order chi connectivity index (χ0) is 20.8. The van der Waals surface area contributed by atoms with E-state index in [1.807, 2.05) is 36.4 Å². The first-order chi connectivity index (χ1) is 14.7. The van der Waals surface area contributed by atoms with Crippen molar-refractivity contribution in [1.82, 2.24) is 5.32 Å². The number of nitrogens with one attached hydrogen (secondary N) is 1. The molecule has 4 rings (SSSR count). The minimum atomic E-state index is -0.461. The number of aliphatic hydroxyl groups excluding tert-OH is 1. The molecule has 2 N–H and O–H groups in total. The van der Waals surface area contributed by atoms with Gasteiger partial charge in [-0.05, 0) is 28.8 Å². The fraction of sp³-hybridized carbons (Fsp3) is 0.308. The van der Waals surface area contributed by atoms with Gasteiger partial charge in [0, 0.05) is 18.9 Å². The van der Waals surface area contributed by atoms with E-state index >= 15 is 0 Å². The van der Waals surface area contributed by atoms with Gasteiger partial charge in [-0.3, -0.25) is 0 Å². The molecule has 1 heterocycles. The van der Waals surface area contributed by atoms with Crippen molar-refractivity contribution < 1.29 is 14.6 Å². The summed E-state index contributed by atoms with van der Waals surface area (Å²) in [5.74, 6) is 0.945. The van der Waals surface area contributed by atoms with E-state index in [0.29, 0.717) is 19.6 Å². The van der Waals surface area contributed by atoms with Crippen molar-refractivity contribution in [2.45, 2.75) is 37.1 Å². The molecule has 3 aromatic rings. The average Bonchev–Trinajstić information content (AvgIpc) is 2.80. The van der Waals surface area contributed by atoms with Gasteiger partial charge in [-0.1, -0.05) is 72.8 Å². The first-order valence-electron chi connectivity index (χ1n) is 10.5. The van der Waals surface area contributed by atoms with Crippen molar-refractivity contribution in [3.8, 4) is 5.75 Å². The molecule has 0 spiro atoms. The molecule has 0 aromatic heterocycles. The highest BCUT2D eigenvalue weighted by atomic mass is 16.5. The van der Waals surface area contributed by atoms with Crippen LogP contribution < -0.4 is 10.1 Å². The maximum atomic E-state index is 10.9. The van der Waals surface area contributed by atoms with E-state index in [4.69, 9.17) is 9.47 Å². The Labute approximate surface area is 178 Å². The van der Waals surface area contributed by atoms with Gasteiger partial charge in [-0.25, -0.2) is 0 Å². The van der Waals surface area contributed by atoms with E-state index in [2.05, 4.69) is 53.8 Å². The molecular weight excluding hydrogens is 374 g/mol. The van der Waals surface area contributed by atoms with Crippen LogP contribution >= 0.6 is 0 Å². The van der Waals surface area contributed by atoms with Crippen molar-refractivity contribution in [1.29, 1.82) is 0 Å². The molecule has 4 nitrogen and oxygen atoms in total. The van der Waals surface area contributed by atoms with E-state index in [1.165, 1.54) is 11.1 Å². The predicted molar refractivity (Wildman–Crippen MR) is 119 cm³/mol. The molecule has 3 aromatic carbocycles. The van der Waals surface area contributed by atoms with Gasteiger partial charge in [0.25, 0.3) is 0 Å². The lowest BCUT2D eigenvalue weighted by molar-refractivity contribution is -0.0718. The van der Waals surface area contributed by atoms with E-state index in [0.717, 1.165) is 11.3 Å². The van der Waals surface area contributed by atoms with Crippen molar-refractivity contribution in [3.63, 3.8) is 0 Å². The lowest BCUT2D eigenvalue weighted by Crippen LogP contribution is -2.50. The Kier molecular flexibility index (Phi) is 6.80. The summed E-state index contributed by atoms with van der Waals surface area (Å²) in [6, 6.07) is 28.7. The highest BCUT2D eigenvalue weighted by molar-refractivity contribution is 5.34. The van der Waals surface area contributed by atoms with Crippen molar-refractivity contribution in [2.75, 3.05) is 13.7 Å². The fourth-order valence-electron chi connectivity index (χ4n) is 4.17. The molecule has 0 saturated carbocycles. The molecular formula is C26H29NO3. The van der Waals surface area contributed by atoms with Gasteiger partial charge in [-0.2, -0.15) is 0 Å². The quantitative estimate of drug-likeness (QED) is 0.623. The van der Waals surface area contributed by atoms with Crippen LogP contribution in [0.3, 0.4) is 0 Å². The van der Waals surface area contributed by atoms with Crippen LogP contribution in [0.2, 0.25) is 0 Å². The Morgan fingerprint density at radius 1 is 0.933 bits per heavy atom. The molecule has 156 valence electrons. The van der Waals surface area contributed by atoms with Crippen molar-refractivity contribution >= 4 is 0 Å². The zero-order valence-electron chi connectivity index (χ0n) is 17.3. The van der Waals surface area contributed by atoms with Crippen LogP contribution in [0.4, 0.5) is 0 Å². The van der Waals surface area contributed by atoms with Gasteiger partial charge in [0.1, 0.15) is 5.75 Å². The number of hydrogen-bond donors (Lipinski definition) is 2. The van der Waals surface area contributed by atoms with Crippen LogP contribution in [0.25, 0.3) is 0 Å². The lowest BCUT2D eigenvalue weighted by Gasteiger charge is -2.38. The minimum absolute atomic E-state index is 0.0659. The fourth-order valence-corrected chi connectivity index (χ4v) is 4.17. The Balaban J connectivity index is 1.42. The van der Waals surface area contributed by atoms with Crippen molar-refractivity contribution in [3.05, 3.63) is 102 Å². The predicted octanol–water partition coefficient (Wildman–Crippen LogP) is 4.14. The Morgan fingerprint density at radius 2 is 1.53 bits per heavy atom. The van der Waals surface area contributed by atoms with E-state index in [1.54, 1.807) is 7.11 Å². The number of aliphatic hydroxyl groups is 1. The number of rotatable bonds is 7. The molecule has 0 unspecified atom stereocenters. The summed E-state index contributed by atoms with van der Waals surface area (Å²) in [4.78, 5) is 0. The normalized spacial score (nSPS) is 21.5. The number of methoxy groups -OCH3 is 1. The zero-order valence-corrected chi connectivity index (χ0v) is 17.3. The molecule has 1 aliphatic rings. The van der Waals surface area contributed by atoms with Gasteiger partial charge in [0.15, 0.2) is 0 Å². The second-order valence-electron chi connectivity index (χ2n) is 7.81.